The number of nitrogens with two attached hydrogens (primary N) is 1. The van der Waals surface area contributed by atoms with Gasteiger partial charge in [-0.1, -0.05) is 18.2 Å². The summed E-state index contributed by atoms with van der Waals surface area (Å²) >= 11 is 0. The summed E-state index contributed by atoms with van der Waals surface area (Å²) < 4.78 is 1.97. The van der Waals surface area contributed by atoms with Crippen LogP contribution in [0.2, 0.25) is 0 Å². The average Bonchev–Trinajstić information content (AvgIpc) is 3.03. The molecule has 0 radical (unpaired) electrons. The zero-order chi connectivity index (χ0) is 10.3. The third-order valence-corrected chi connectivity index (χ3v) is 2.80. The monoisotopic (exact) mass is 199 g/mol. The van der Waals surface area contributed by atoms with Gasteiger partial charge in [-0.3, -0.25) is 0 Å². The van der Waals surface area contributed by atoms with Gasteiger partial charge in [0.05, 0.1) is 23.3 Å². The fourth-order valence-electron chi connectivity index (χ4n) is 1.91. The van der Waals surface area contributed by atoms with Gasteiger partial charge in [0, 0.05) is 5.92 Å². The van der Waals surface area contributed by atoms with Crippen LogP contribution in [0.15, 0.2) is 36.5 Å². The van der Waals surface area contributed by atoms with E-state index in [1.165, 1.54) is 18.5 Å². The molecule has 1 aromatic carbocycles. The number of benzene rings is 1. The first-order chi connectivity index (χ1) is 7.36. The maximum absolute atomic E-state index is 5.94. The van der Waals surface area contributed by atoms with Gasteiger partial charge in [-0.2, -0.15) is 5.10 Å². The highest BCUT2D eigenvalue weighted by Crippen LogP contribution is 2.43. The van der Waals surface area contributed by atoms with E-state index in [4.69, 9.17) is 5.73 Å². The maximum Gasteiger partial charge on any atom is 0.0740 e. The smallest absolute Gasteiger partial charge is 0.0740 e. The van der Waals surface area contributed by atoms with Gasteiger partial charge in [0.2, 0.25) is 0 Å². The molecule has 0 atom stereocenters. The molecule has 0 bridgehead atoms. The molecule has 0 aliphatic heterocycles. The van der Waals surface area contributed by atoms with Crippen LogP contribution in [0.4, 0.5) is 5.69 Å². The van der Waals surface area contributed by atoms with Gasteiger partial charge in [-0.15, -0.1) is 0 Å². The van der Waals surface area contributed by atoms with Crippen molar-refractivity contribution in [3.8, 4) is 5.69 Å². The lowest BCUT2D eigenvalue weighted by Gasteiger charge is -2.06. The maximum atomic E-state index is 5.94. The van der Waals surface area contributed by atoms with Gasteiger partial charge < -0.3 is 5.73 Å². The molecule has 1 fully saturated rings. The Labute approximate surface area is 88.5 Å². The predicted octanol–water partition coefficient (Wildman–Crippen LogP) is 2.33. The molecule has 1 aliphatic rings. The number of para-hydroxylation sites is 1. The molecule has 76 valence electrons. The van der Waals surface area contributed by atoms with Crippen molar-refractivity contribution < 1.29 is 0 Å². The van der Waals surface area contributed by atoms with Gasteiger partial charge in [0.1, 0.15) is 0 Å². The van der Waals surface area contributed by atoms with E-state index in [1.54, 1.807) is 6.20 Å². The molecule has 3 rings (SSSR count). The highest BCUT2D eigenvalue weighted by atomic mass is 15.3. The fraction of sp³-hybridized carbons (Fsp3) is 0.250. The third-order valence-electron chi connectivity index (χ3n) is 2.80. The second-order valence-electron chi connectivity index (χ2n) is 4.01. The molecule has 0 unspecified atom stereocenters. The molecule has 2 N–H and O–H groups in total. The van der Waals surface area contributed by atoms with Crippen LogP contribution in [-0.4, -0.2) is 9.78 Å². The molecule has 3 nitrogen and oxygen atoms in total. The van der Waals surface area contributed by atoms with Crippen molar-refractivity contribution in [3.63, 3.8) is 0 Å². The van der Waals surface area contributed by atoms with Gasteiger partial charge in [-0.05, 0) is 25.0 Å². The zero-order valence-corrected chi connectivity index (χ0v) is 8.43. The molecule has 15 heavy (non-hydrogen) atoms. The molecule has 0 saturated heterocycles. The second-order valence-corrected chi connectivity index (χ2v) is 4.01. The molecular formula is C12H13N3. The van der Waals surface area contributed by atoms with Crippen molar-refractivity contribution in [3.05, 3.63) is 42.2 Å². The minimum atomic E-state index is 0.618. The Hall–Kier alpha value is -1.77. The van der Waals surface area contributed by atoms with E-state index >= 15 is 0 Å². The number of rotatable bonds is 2. The van der Waals surface area contributed by atoms with Crippen LogP contribution >= 0.6 is 0 Å². The lowest BCUT2D eigenvalue weighted by atomic mass is 10.2. The molecule has 1 heterocycles. The first-order valence-corrected chi connectivity index (χ1v) is 5.25. The minimum absolute atomic E-state index is 0.618. The molecule has 0 amide bonds. The molecule has 1 saturated carbocycles. The van der Waals surface area contributed by atoms with Crippen molar-refractivity contribution in [1.29, 1.82) is 0 Å². The SMILES string of the molecule is Nc1cnn(-c2ccccc2)c1C1CC1. The molecule has 2 aromatic rings. The summed E-state index contributed by atoms with van der Waals surface area (Å²) in [6.45, 7) is 0. The molecule has 3 heteroatoms. The van der Waals surface area contributed by atoms with E-state index in [9.17, 15) is 0 Å². The number of aromatic nitrogens is 2. The van der Waals surface area contributed by atoms with Crippen molar-refractivity contribution in [2.45, 2.75) is 18.8 Å². The zero-order valence-electron chi connectivity index (χ0n) is 8.43. The summed E-state index contributed by atoms with van der Waals surface area (Å²) in [5, 5.41) is 4.34. The second kappa shape index (κ2) is 3.12. The van der Waals surface area contributed by atoms with Gasteiger partial charge in [0.25, 0.3) is 0 Å². The lowest BCUT2D eigenvalue weighted by Crippen LogP contribution is -2.02. The summed E-state index contributed by atoms with van der Waals surface area (Å²) in [6, 6.07) is 10.2. The Morgan fingerprint density at radius 2 is 1.93 bits per heavy atom. The van der Waals surface area contributed by atoms with E-state index in [-0.39, 0.29) is 0 Å². The standard InChI is InChI=1S/C12H13N3/c13-11-8-14-15(12(11)9-6-7-9)10-4-2-1-3-5-10/h1-5,8-9H,6-7,13H2. The lowest BCUT2D eigenvalue weighted by molar-refractivity contribution is 0.809. The van der Waals surface area contributed by atoms with E-state index in [1.807, 2.05) is 22.9 Å². The van der Waals surface area contributed by atoms with E-state index in [0.29, 0.717) is 5.92 Å². The number of hydrogen-bond acceptors (Lipinski definition) is 2. The Morgan fingerprint density at radius 3 is 2.60 bits per heavy atom. The quantitative estimate of drug-likeness (QED) is 0.806. The van der Waals surface area contributed by atoms with E-state index < -0.39 is 0 Å². The topological polar surface area (TPSA) is 43.8 Å². The molecule has 1 aliphatic carbocycles. The predicted molar refractivity (Wildman–Crippen MR) is 60.0 cm³/mol. The van der Waals surface area contributed by atoms with Crippen LogP contribution in [0.1, 0.15) is 24.5 Å². The average molecular weight is 199 g/mol. The first kappa shape index (κ1) is 8.53. The van der Waals surface area contributed by atoms with Crippen molar-refractivity contribution >= 4 is 5.69 Å². The van der Waals surface area contributed by atoms with Gasteiger partial charge in [-0.25, -0.2) is 4.68 Å². The van der Waals surface area contributed by atoms with E-state index in [0.717, 1.165) is 11.4 Å². The van der Waals surface area contributed by atoms with Crippen LogP contribution in [0, 0.1) is 0 Å². The first-order valence-electron chi connectivity index (χ1n) is 5.25. The van der Waals surface area contributed by atoms with Crippen LogP contribution in [0.5, 0.6) is 0 Å². The van der Waals surface area contributed by atoms with E-state index in [2.05, 4.69) is 17.2 Å². The Balaban J connectivity index is 2.12. The molecule has 1 aromatic heterocycles. The van der Waals surface area contributed by atoms with Gasteiger partial charge >= 0.3 is 0 Å². The van der Waals surface area contributed by atoms with Gasteiger partial charge in [0.15, 0.2) is 0 Å². The third kappa shape index (κ3) is 1.40. The summed E-state index contributed by atoms with van der Waals surface area (Å²) in [6.07, 6.45) is 4.23. The summed E-state index contributed by atoms with van der Waals surface area (Å²) in [5.41, 5.74) is 9.03. The van der Waals surface area contributed by atoms with Crippen LogP contribution < -0.4 is 5.73 Å². The molecule has 0 spiro atoms. The summed E-state index contributed by atoms with van der Waals surface area (Å²) in [4.78, 5) is 0. The number of anilines is 1. The Kier molecular flexibility index (Phi) is 1.78. The van der Waals surface area contributed by atoms with Crippen LogP contribution in [0.3, 0.4) is 0 Å². The number of hydrogen-bond donors (Lipinski definition) is 1. The number of nitrogen functional groups attached to an aromatic ring is 1. The van der Waals surface area contributed by atoms with Crippen LogP contribution in [0.25, 0.3) is 5.69 Å². The minimum Gasteiger partial charge on any atom is -0.396 e. The number of nitrogens with zero attached hydrogens (tertiary/aromatic N) is 2. The van der Waals surface area contributed by atoms with Crippen molar-refractivity contribution in [2.24, 2.45) is 0 Å². The van der Waals surface area contributed by atoms with Crippen molar-refractivity contribution in [1.82, 2.24) is 9.78 Å². The Bertz CT molecular complexity index is 469. The highest BCUT2D eigenvalue weighted by molar-refractivity contribution is 5.49. The summed E-state index contributed by atoms with van der Waals surface area (Å²) in [5.74, 6) is 0.618. The van der Waals surface area contributed by atoms with Crippen molar-refractivity contribution in [2.75, 3.05) is 5.73 Å². The normalized spacial score (nSPS) is 15.5. The molecular weight excluding hydrogens is 186 g/mol. The summed E-state index contributed by atoms with van der Waals surface area (Å²) in [7, 11) is 0. The largest absolute Gasteiger partial charge is 0.396 e. The fourth-order valence-corrected chi connectivity index (χ4v) is 1.91. The van der Waals surface area contributed by atoms with Crippen LogP contribution in [-0.2, 0) is 0 Å². The Morgan fingerprint density at radius 1 is 1.20 bits per heavy atom. The highest BCUT2D eigenvalue weighted by Gasteiger charge is 2.29.